The molecular formula is C15H18N4S. The summed E-state index contributed by atoms with van der Waals surface area (Å²) in [5.74, 6) is 0.822. The van der Waals surface area contributed by atoms with E-state index in [1.165, 1.54) is 0 Å². The molecule has 0 saturated carbocycles. The Balaban J connectivity index is 0.000000151. The minimum atomic E-state index is 0.822. The van der Waals surface area contributed by atoms with Crippen LogP contribution < -0.4 is 0 Å². The molecule has 0 saturated heterocycles. The van der Waals surface area contributed by atoms with Crippen molar-refractivity contribution in [2.75, 3.05) is 0 Å². The zero-order valence-electron chi connectivity index (χ0n) is 11.9. The average molecular weight is 286 g/mol. The molecule has 0 atom stereocenters. The number of rotatable bonds is 0. The highest BCUT2D eigenvalue weighted by Gasteiger charge is 1.76. The molecule has 0 bridgehead atoms. The fraction of sp³-hybridized carbons (Fsp3) is 0.200. The summed E-state index contributed by atoms with van der Waals surface area (Å²) < 4.78 is 0. The van der Waals surface area contributed by atoms with Gasteiger partial charge in [0.25, 0.3) is 0 Å². The Hall–Kier alpha value is -2.14. The first-order chi connectivity index (χ1) is 9.68. The summed E-state index contributed by atoms with van der Waals surface area (Å²) in [7, 11) is 0. The van der Waals surface area contributed by atoms with Crippen LogP contribution in [0.15, 0.2) is 54.4 Å². The molecular weight excluding hydrogens is 268 g/mol. The van der Waals surface area contributed by atoms with Crippen molar-refractivity contribution < 1.29 is 0 Å². The van der Waals surface area contributed by atoms with Gasteiger partial charge in [-0.15, -0.1) is 11.3 Å². The second-order valence-electron chi connectivity index (χ2n) is 3.82. The molecule has 3 aromatic rings. The summed E-state index contributed by atoms with van der Waals surface area (Å²) in [5, 5.41) is 3.10. The van der Waals surface area contributed by atoms with E-state index in [2.05, 4.69) is 19.9 Å². The van der Waals surface area contributed by atoms with E-state index in [4.69, 9.17) is 0 Å². The molecule has 4 nitrogen and oxygen atoms in total. The Morgan fingerprint density at radius 1 is 0.750 bits per heavy atom. The van der Waals surface area contributed by atoms with Gasteiger partial charge in [0, 0.05) is 35.9 Å². The third-order valence-electron chi connectivity index (χ3n) is 2.06. The lowest BCUT2D eigenvalue weighted by Gasteiger charge is -1.82. The van der Waals surface area contributed by atoms with Gasteiger partial charge in [-0.3, -0.25) is 9.97 Å². The normalized spacial score (nSPS) is 8.75. The highest BCUT2D eigenvalue weighted by molar-refractivity contribution is 7.09. The number of aromatic nitrogens is 4. The SMILES string of the molecule is Cc1ccccn1.Cc1ncccn1.Cc1nccs1. The van der Waals surface area contributed by atoms with Crippen LogP contribution in [0.1, 0.15) is 16.5 Å². The maximum Gasteiger partial charge on any atom is 0.125 e. The summed E-state index contributed by atoms with van der Waals surface area (Å²) in [6, 6.07) is 7.66. The van der Waals surface area contributed by atoms with Crippen LogP contribution in [0.3, 0.4) is 0 Å². The lowest BCUT2D eigenvalue weighted by Crippen LogP contribution is -1.80. The largest absolute Gasteiger partial charge is 0.262 e. The molecule has 0 aliphatic rings. The van der Waals surface area contributed by atoms with Crippen molar-refractivity contribution in [1.82, 2.24) is 19.9 Å². The van der Waals surface area contributed by atoms with Crippen molar-refractivity contribution in [2.24, 2.45) is 0 Å². The van der Waals surface area contributed by atoms with E-state index in [1.807, 2.05) is 44.4 Å². The van der Waals surface area contributed by atoms with E-state index in [0.29, 0.717) is 0 Å². The molecule has 0 N–H and O–H groups in total. The minimum Gasteiger partial charge on any atom is -0.262 e. The van der Waals surface area contributed by atoms with Crippen LogP contribution in [-0.2, 0) is 0 Å². The zero-order chi connectivity index (χ0) is 14.6. The molecule has 0 unspecified atom stereocenters. The van der Waals surface area contributed by atoms with Crippen molar-refractivity contribution in [2.45, 2.75) is 20.8 Å². The Bertz CT molecular complexity index is 515. The fourth-order valence-corrected chi connectivity index (χ4v) is 1.56. The van der Waals surface area contributed by atoms with Crippen LogP contribution in [-0.4, -0.2) is 19.9 Å². The molecule has 20 heavy (non-hydrogen) atoms. The number of hydrogen-bond donors (Lipinski definition) is 0. The predicted octanol–water partition coefficient (Wildman–Crippen LogP) is 3.63. The zero-order valence-corrected chi connectivity index (χ0v) is 12.7. The van der Waals surface area contributed by atoms with Gasteiger partial charge in [-0.2, -0.15) is 0 Å². The molecule has 104 valence electrons. The minimum absolute atomic E-state index is 0.822. The molecule has 3 aromatic heterocycles. The third-order valence-corrected chi connectivity index (χ3v) is 2.77. The van der Waals surface area contributed by atoms with E-state index in [-0.39, 0.29) is 0 Å². The van der Waals surface area contributed by atoms with E-state index in [9.17, 15) is 0 Å². The number of thiazole rings is 1. The monoisotopic (exact) mass is 286 g/mol. The highest BCUT2D eigenvalue weighted by Crippen LogP contribution is 1.98. The van der Waals surface area contributed by atoms with Gasteiger partial charge in [0.1, 0.15) is 5.82 Å². The van der Waals surface area contributed by atoms with E-state index >= 15 is 0 Å². The standard InChI is InChI=1S/C6H7N.C5H6N2.C4H5NS/c1-6-4-2-3-5-7-6;1-5-6-3-2-4-7-5;1-4-5-2-3-6-4/h2-5H,1H3;2-4H,1H3;2-3H,1H3. The molecule has 0 amide bonds. The summed E-state index contributed by atoms with van der Waals surface area (Å²) in [6.07, 6.45) is 7.04. The van der Waals surface area contributed by atoms with Gasteiger partial charge < -0.3 is 0 Å². The summed E-state index contributed by atoms with van der Waals surface area (Å²) in [4.78, 5) is 15.7. The number of hydrogen-bond acceptors (Lipinski definition) is 5. The second-order valence-corrected chi connectivity index (χ2v) is 4.92. The Morgan fingerprint density at radius 3 is 1.70 bits per heavy atom. The van der Waals surface area contributed by atoms with Gasteiger partial charge in [0.2, 0.25) is 0 Å². The smallest absolute Gasteiger partial charge is 0.125 e. The first kappa shape index (κ1) is 15.9. The molecule has 0 aromatic carbocycles. The van der Waals surface area contributed by atoms with Gasteiger partial charge in [-0.25, -0.2) is 9.97 Å². The Morgan fingerprint density at radius 2 is 1.45 bits per heavy atom. The maximum absolute atomic E-state index is 3.98. The number of pyridine rings is 1. The molecule has 0 fully saturated rings. The molecule has 5 heteroatoms. The van der Waals surface area contributed by atoms with Crippen molar-refractivity contribution in [3.63, 3.8) is 0 Å². The Labute approximate surface area is 123 Å². The summed E-state index contributed by atoms with van der Waals surface area (Å²) in [5.41, 5.74) is 1.07. The topological polar surface area (TPSA) is 51.6 Å². The molecule has 3 heterocycles. The maximum atomic E-state index is 3.98. The lowest BCUT2D eigenvalue weighted by atomic mass is 10.4. The van der Waals surface area contributed by atoms with Crippen LogP contribution in [0.5, 0.6) is 0 Å². The molecule has 0 radical (unpaired) electrons. The van der Waals surface area contributed by atoms with Crippen LogP contribution in [0, 0.1) is 20.8 Å². The van der Waals surface area contributed by atoms with Gasteiger partial charge in [-0.1, -0.05) is 6.07 Å². The van der Waals surface area contributed by atoms with Gasteiger partial charge in [0.05, 0.1) is 5.01 Å². The average Bonchev–Trinajstić information content (AvgIpc) is 2.93. The number of aryl methyl sites for hydroxylation is 3. The lowest BCUT2D eigenvalue weighted by molar-refractivity contribution is 1.05. The van der Waals surface area contributed by atoms with E-state index in [0.717, 1.165) is 16.5 Å². The van der Waals surface area contributed by atoms with Gasteiger partial charge in [0.15, 0.2) is 0 Å². The Kier molecular flexibility index (Phi) is 7.76. The van der Waals surface area contributed by atoms with Crippen LogP contribution in [0.4, 0.5) is 0 Å². The van der Waals surface area contributed by atoms with Crippen molar-refractivity contribution in [1.29, 1.82) is 0 Å². The third kappa shape index (κ3) is 8.05. The second kappa shape index (κ2) is 9.75. The molecule has 0 spiro atoms. The predicted molar refractivity (Wildman–Crippen MR) is 82.6 cm³/mol. The number of nitrogens with zero attached hydrogens (tertiary/aromatic N) is 4. The molecule has 0 aliphatic carbocycles. The van der Waals surface area contributed by atoms with Crippen LogP contribution >= 0.6 is 11.3 Å². The summed E-state index contributed by atoms with van der Waals surface area (Å²) >= 11 is 1.67. The van der Waals surface area contributed by atoms with E-state index in [1.54, 1.807) is 42.2 Å². The summed E-state index contributed by atoms with van der Waals surface area (Å²) in [6.45, 7) is 5.82. The molecule has 3 rings (SSSR count). The fourth-order valence-electron chi connectivity index (χ4n) is 1.12. The molecule has 0 aliphatic heterocycles. The first-order valence-electron chi connectivity index (χ1n) is 6.16. The quantitative estimate of drug-likeness (QED) is 0.633. The van der Waals surface area contributed by atoms with Gasteiger partial charge in [-0.05, 0) is 39.0 Å². The van der Waals surface area contributed by atoms with Gasteiger partial charge >= 0.3 is 0 Å². The van der Waals surface area contributed by atoms with Crippen molar-refractivity contribution >= 4 is 11.3 Å². The van der Waals surface area contributed by atoms with Crippen LogP contribution in [0.2, 0.25) is 0 Å². The van der Waals surface area contributed by atoms with Crippen LogP contribution in [0.25, 0.3) is 0 Å². The first-order valence-corrected chi connectivity index (χ1v) is 7.04. The van der Waals surface area contributed by atoms with Crippen molar-refractivity contribution in [3.8, 4) is 0 Å². The van der Waals surface area contributed by atoms with E-state index < -0.39 is 0 Å². The van der Waals surface area contributed by atoms with Crippen molar-refractivity contribution in [3.05, 3.63) is 71.0 Å². The highest BCUT2D eigenvalue weighted by atomic mass is 32.1.